The number of rotatable bonds is 6. The van der Waals surface area contributed by atoms with Crippen LogP contribution in [0.5, 0.6) is 0 Å². The molecule has 4 aromatic heterocycles. The number of pyridine rings is 2. The standard InChI is InChI=1S/C54H33N3O2/c1-2-8-34(9-3-1)37-20-26-43-38(28-37)14-15-39-29-42(25-27-44(39)43)57(40-21-16-35(17-22-40)49-30-53-47(32-55-49)45-10-4-6-12-51(45)58-53)41-23-18-36(19-24-41)50-31-54-48(33-56-50)46-11-5-7-13-52(46)59-54/h1-33H. The molecule has 59 heavy (non-hydrogen) atoms. The molecule has 276 valence electrons. The van der Waals surface area contributed by atoms with Gasteiger partial charge in [-0.2, -0.15) is 0 Å². The fraction of sp³-hybridized carbons (Fsp3) is 0. The van der Waals surface area contributed by atoms with Crippen molar-refractivity contribution in [3.8, 4) is 33.6 Å². The normalized spacial score (nSPS) is 11.7. The van der Waals surface area contributed by atoms with E-state index in [2.05, 4.69) is 144 Å². The Balaban J connectivity index is 0.937. The van der Waals surface area contributed by atoms with Gasteiger partial charge in [0.1, 0.15) is 22.3 Å². The second-order valence-electron chi connectivity index (χ2n) is 15.0. The van der Waals surface area contributed by atoms with E-state index in [4.69, 9.17) is 18.8 Å². The molecule has 12 rings (SSSR count). The summed E-state index contributed by atoms with van der Waals surface area (Å²) >= 11 is 0. The summed E-state index contributed by atoms with van der Waals surface area (Å²) in [4.78, 5) is 12.0. The molecule has 0 spiro atoms. The topological polar surface area (TPSA) is 55.3 Å². The monoisotopic (exact) mass is 755 g/mol. The molecular weight excluding hydrogens is 723 g/mol. The van der Waals surface area contributed by atoms with Crippen molar-refractivity contribution in [3.63, 3.8) is 0 Å². The lowest BCUT2D eigenvalue weighted by Gasteiger charge is -2.26. The van der Waals surface area contributed by atoms with Gasteiger partial charge in [0, 0.05) is 74.3 Å². The van der Waals surface area contributed by atoms with Crippen molar-refractivity contribution >= 4 is 82.5 Å². The molecule has 0 unspecified atom stereocenters. The summed E-state index contributed by atoms with van der Waals surface area (Å²) in [5.41, 5.74) is 12.7. The smallest absolute Gasteiger partial charge is 0.139 e. The Bertz CT molecular complexity index is 3390. The van der Waals surface area contributed by atoms with Gasteiger partial charge in [-0.05, 0) is 87.3 Å². The number of hydrogen-bond donors (Lipinski definition) is 0. The highest BCUT2D eigenvalue weighted by Gasteiger charge is 2.17. The van der Waals surface area contributed by atoms with Crippen LogP contribution in [0.3, 0.4) is 0 Å². The van der Waals surface area contributed by atoms with Gasteiger partial charge < -0.3 is 13.7 Å². The number of furan rings is 2. The molecule has 5 nitrogen and oxygen atoms in total. The molecule has 4 heterocycles. The summed E-state index contributed by atoms with van der Waals surface area (Å²) in [6.07, 6.45) is 3.83. The Morgan fingerprint density at radius 3 is 1.36 bits per heavy atom. The van der Waals surface area contributed by atoms with Crippen LogP contribution in [0.2, 0.25) is 0 Å². The Morgan fingerprint density at radius 2 is 0.780 bits per heavy atom. The van der Waals surface area contributed by atoms with Crippen molar-refractivity contribution < 1.29 is 8.83 Å². The lowest BCUT2D eigenvalue weighted by Crippen LogP contribution is -2.10. The van der Waals surface area contributed by atoms with Crippen LogP contribution in [0.25, 0.3) is 99.1 Å². The molecule has 0 atom stereocenters. The molecule has 0 N–H and O–H groups in total. The molecule has 8 aromatic carbocycles. The molecule has 0 radical (unpaired) electrons. The summed E-state index contributed by atoms with van der Waals surface area (Å²) < 4.78 is 12.4. The zero-order valence-corrected chi connectivity index (χ0v) is 31.7. The molecule has 0 aliphatic heterocycles. The minimum absolute atomic E-state index is 0.830. The highest BCUT2D eigenvalue weighted by atomic mass is 16.3. The number of hydrogen-bond acceptors (Lipinski definition) is 5. The molecule has 0 bridgehead atoms. The summed E-state index contributed by atoms with van der Waals surface area (Å²) in [5.74, 6) is 0. The van der Waals surface area contributed by atoms with Crippen molar-refractivity contribution in [1.82, 2.24) is 9.97 Å². The molecule has 0 aliphatic carbocycles. The van der Waals surface area contributed by atoms with E-state index in [-0.39, 0.29) is 0 Å². The van der Waals surface area contributed by atoms with Crippen LogP contribution in [0, 0.1) is 0 Å². The molecule has 0 saturated carbocycles. The van der Waals surface area contributed by atoms with E-state index < -0.39 is 0 Å². The highest BCUT2D eigenvalue weighted by Crippen LogP contribution is 2.40. The van der Waals surface area contributed by atoms with E-state index in [1.807, 2.05) is 60.9 Å². The largest absolute Gasteiger partial charge is 0.456 e. The SMILES string of the molecule is c1ccc(-c2ccc3c(ccc4cc(N(c5ccc(-c6cc7oc8ccccc8c7cn6)cc5)c5ccc(-c6cc7oc8ccccc8c7cn6)cc5)ccc43)c2)cc1. The average Bonchev–Trinajstić information content (AvgIpc) is 3.87. The van der Waals surface area contributed by atoms with Gasteiger partial charge in [0.05, 0.1) is 11.4 Å². The van der Waals surface area contributed by atoms with Crippen molar-refractivity contribution in [2.24, 2.45) is 0 Å². The van der Waals surface area contributed by atoms with Gasteiger partial charge >= 0.3 is 0 Å². The predicted octanol–water partition coefficient (Wildman–Crippen LogP) is 15.1. The van der Waals surface area contributed by atoms with Gasteiger partial charge in [-0.1, -0.05) is 121 Å². The van der Waals surface area contributed by atoms with E-state index in [1.54, 1.807) is 0 Å². The quantitative estimate of drug-likeness (QED) is 0.158. The molecule has 12 aromatic rings. The number of nitrogens with zero attached hydrogens (tertiary/aromatic N) is 3. The van der Waals surface area contributed by atoms with E-state index in [9.17, 15) is 0 Å². The fourth-order valence-electron chi connectivity index (χ4n) is 8.57. The van der Waals surface area contributed by atoms with Gasteiger partial charge in [-0.25, -0.2) is 0 Å². The first kappa shape index (κ1) is 33.2. The van der Waals surface area contributed by atoms with Gasteiger partial charge in [-0.3, -0.25) is 9.97 Å². The highest BCUT2D eigenvalue weighted by molar-refractivity contribution is 6.10. The maximum absolute atomic E-state index is 6.20. The zero-order chi connectivity index (χ0) is 38.9. The van der Waals surface area contributed by atoms with Crippen LogP contribution in [0.15, 0.2) is 209 Å². The third kappa shape index (κ3) is 5.63. The number of aromatic nitrogens is 2. The molecule has 5 heteroatoms. The third-order valence-electron chi connectivity index (χ3n) is 11.6. The lowest BCUT2D eigenvalue weighted by molar-refractivity contribution is 0.668. The van der Waals surface area contributed by atoms with Crippen LogP contribution in [0.1, 0.15) is 0 Å². The Morgan fingerprint density at radius 1 is 0.305 bits per heavy atom. The maximum Gasteiger partial charge on any atom is 0.139 e. The van der Waals surface area contributed by atoms with Crippen molar-refractivity contribution in [3.05, 3.63) is 200 Å². The Hall–Kier alpha value is -8.02. The Kier molecular flexibility index (Phi) is 7.47. The maximum atomic E-state index is 6.20. The molecule has 0 fully saturated rings. The van der Waals surface area contributed by atoms with Crippen molar-refractivity contribution in [2.45, 2.75) is 0 Å². The van der Waals surface area contributed by atoms with Crippen LogP contribution < -0.4 is 4.90 Å². The second kappa shape index (κ2) is 13.3. The first-order valence-corrected chi connectivity index (χ1v) is 19.8. The predicted molar refractivity (Wildman–Crippen MR) is 243 cm³/mol. The van der Waals surface area contributed by atoms with Gasteiger partial charge in [-0.15, -0.1) is 0 Å². The minimum atomic E-state index is 0.830. The van der Waals surface area contributed by atoms with E-state index in [0.717, 1.165) is 83.5 Å². The van der Waals surface area contributed by atoms with Gasteiger partial charge in [0.2, 0.25) is 0 Å². The molecule has 0 aliphatic rings. The van der Waals surface area contributed by atoms with Crippen LogP contribution in [-0.4, -0.2) is 9.97 Å². The van der Waals surface area contributed by atoms with Crippen LogP contribution in [0.4, 0.5) is 17.1 Å². The molecule has 0 saturated heterocycles. The van der Waals surface area contributed by atoms with E-state index in [0.29, 0.717) is 0 Å². The van der Waals surface area contributed by atoms with Gasteiger partial charge in [0.15, 0.2) is 0 Å². The fourth-order valence-corrected chi connectivity index (χ4v) is 8.57. The third-order valence-corrected chi connectivity index (χ3v) is 11.6. The van der Waals surface area contributed by atoms with Crippen LogP contribution in [-0.2, 0) is 0 Å². The summed E-state index contributed by atoms with van der Waals surface area (Å²) in [5, 5.41) is 9.03. The molecule has 0 amide bonds. The summed E-state index contributed by atoms with van der Waals surface area (Å²) in [7, 11) is 0. The number of anilines is 3. The zero-order valence-electron chi connectivity index (χ0n) is 31.7. The Labute approximate surface area is 339 Å². The second-order valence-corrected chi connectivity index (χ2v) is 15.0. The van der Waals surface area contributed by atoms with E-state index in [1.165, 1.54) is 32.7 Å². The van der Waals surface area contributed by atoms with Gasteiger partial charge in [0.25, 0.3) is 0 Å². The number of para-hydroxylation sites is 2. The number of benzene rings is 8. The van der Waals surface area contributed by atoms with Crippen molar-refractivity contribution in [1.29, 1.82) is 0 Å². The van der Waals surface area contributed by atoms with E-state index >= 15 is 0 Å². The first-order valence-electron chi connectivity index (χ1n) is 19.8. The van der Waals surface area contributed by atoms with Crippen LogP contribution >= 0.6 is 0 Å². The summed E-state index contributed by atoms with van der Waals surface area (Å²) in [6.45, 7) is 0. The average molecular weight is 756 g/mol. The summed E-state index contributed by atoms with van der Waals surface area (Å²) in [6, 6.07) is 66.0. The first-order chi connectivity index (χ1) is 29.2. The molecular formula is C54H33N3O2. The van der Waals surface area contributed by atoms with Crippen molar-refractivity contribution in [2.75, 3.05) is 4.90 Å². The lowest BCUT2D eigenvalue weighted by atomic mass is 9.97. The number of fused-ring (bicyclic) bond motifs is 9. The minimum Gasteiger partial charge on any atom is -0.456 e.